The summed E-state index contributed by atoms with van der Waals surface area (Å²) in [5.41, 5.74) is 1.23. The van der Waals surface area contributed by atoms with Gasteiger partial charge in [-0.1, -0.05) is 12.1 Å². The molecular formula is C18H20N2O5. The van der Waals surface area contributed by atoms with E-state index in [1.807, 2.05) is 12.1 Å². The van der Waals surface area contributed by atoms with E-state index in [0.717, 1.165) is 5.56 Å². The van der Waals surface area contributed by atoms with Crippen molar-refractivity contribution in [3.05, 3.63) is 59.9 Å². The van der Waals surface area contributed by atoms with E-state index in [0.29, 0.717) is 17.9 Å². The van der Waals surface area contributed by atoms with Crippen LogP contribution in [-0.2, 0) is 16.1 Å². The van der Waals surface area contributed by atoms with Gasteiger partial charge in [-0.2, -0.15) is 0 Å². The van der Waals surface area contributed by atoms with Crippen molar-refractivity contribution in [1.82, 2.24) is 10.3 Å². The van der Waals surface area contributed by atoms with Crippen molar-refractivity contribution in [2.75, 3.05) is 13.7 Å². The second-order valence-electron chi connectivity index (χ2n) is 5.32. The molecule has 0 saturated carbocycles. The maximum atomic E-state index is 12.3. The highest BCUT2D eigenvalue weighted by Crippen LogP contribution is 2.15. The van der Waals surface area contributed by atoms with Gasteiger partial charge in [0.15, 0.2) is 0 Å². The number of pyridine rings is 1. The number of hydrogen-bond donors (Lipinski definition) is 2. The Hall–Kier alpha value is -2.93. The number of carbonyl (C=O) groups is 2. The zero-order valence-electron chi connectivity index (χ0n) is 13.8. The third-order valence-electron chi connectivity index (χ3n) is 3.44. The molecule has 1 amide bonds. The monoisotopic (exact) mass is 344 g/mol. The number of methoxy groups -OCH3 is 1. The van der Waals surface area contributed by atoms with Crippen molar-refractivity contribution in [2.24, 2.45) is 0 Å². The summed E-state index contributed by atoms with van der Waals surface area (Å²) in [6, 6.07) is 9.27. The maximum absolute atomic E-state index is 12.3. The van der Waals surface area contributed by atoms with Gasteiger partial charge in [-0.15, -0.1) is 0 Å². The summed E-state index contributed by atoms with van der Waals surface area (Å²) in [7, 11) is 1.48. The number of ether oxygens (including phenoxy) is 2. The topological polar surface area (TPSA) is 97.8 Å². The lowest BCUT2D eigenvalue weighted by atomic mass is 10.1. The molecule has 0 aliphatic heterocycles. The molecular weight excluding hydrogens is 324 g/mol. The van der Waals surface area contributed by atoms with E-state index < -0.39 is 17.9 Å². The number of carboxylic acids is 1. The van der Waals surface area contributed by atoms with Gasteiger partial charge < -0.3 is 19.9 Å². The van der Waals surface area contributed by atoms with Crippen molar-refractivity contribution in [3.8, 4) is 5.75 Å². The highest BCUT2D eigenvalue weighted by Gasteiger charge is 2.20. The Bertz CT molecular complexity index is 706. The van der Waals surface area contributed by atoms with Gasteiger partial charge in [0, 0.05) is 43.7 Å². The van der Waals surface area contributed by atoms with Crippen LogP contribution in [0.25, 0.3) is 0 Å². The van der Waals surface area contributed by atoms with Gasteiger partial charge in [-0.3, -0.25) is 9.78 Å². The number of carbonyl (C=O) groups excluding carboxylic acids is 1. The number of aliphatic carboxylic acids is 1. The zero-order chi connectivity index (χ0) is 18.1. The lowest BCUT2D eigenvalue weighted by Gasteiger charge is -2.14. The Kier molecular flexibility index (Phi) is 6.91. The minimum absolute atomic E-state index is 0.189. The summed E-state index contributed by atoms with van der Waals surface area (Å²) in [4.78, 5) is 27.5. The molecule has 2 aromatic rings. The number of nitrogens with one attached hydrogen (secondary N) is 1. The highest BCUT2D eigenvalue weighted by atomic mass is 16.5. The van der Waals surface area contributed by atoms with Gasteiger partial charge in [-0.05, 0) is 24.3 Å². The van der Waals surface area contributed by atoms with Crippen LogP contribution in [0.1, 0.15) is 22.3 Å². The first-order valence-electron chi connectivity index (χ1n) is 7.74. The van der Waals surface area contributed by atoms with Crippen LogP contribution in [0.2, 0.25) is 0 Å². The van der Waals surface area contributed by atoms with Gasteiger partial charge in [0.25, 0.3) is 5.91 Å². The number of amides is 1. The summed E-state index contributed by atoms with van der Waals surface area (Å²) >= 11 is 0. The van der Waals surface area contributed by atoms with Gasteiger partial charge in [-0.25, -0.2) is 4.79 Å². The van der Waals surface area contributed by atoms with Crippen molar-refractivity contribution in [1.29, 1.82) is 0 Å². The molecule has 2 N–H and O–H groups in total. The third kappa shape index (κ3) is 5.89. The lowest BCUT2D eigenvalue weighted by Crippen LogP contribution is -2.41. The largest absolute Gasteiger partial charge is 0.489 e. The molecule has 1 aromatic heterocycles. The van der Waals surface area contributed by atoms with E-state index in [-0.39, 0.29) is 13.0 Å². The number of aromatic nitrogens is 1. The molecule has 0 saturated heterocycles. The van der Waals surface area contributed by atoms with Crippen LogP contribution in [0.5, 0.6) is 5.75 Å². The number of rotatable bonds is 9. The molecule has 0 radical (unpaired) electrons. The molecule has 1 unspecified atom stereocenters. The second-order valence-corrected chi connectivity index (χ2v) is 5.32. The summed E-state index contributed by atoms with van der Waals surface area (Å²) in [6.45, 7) is 0.565. The molecule has 0 fully saturated rings. The van der Waals surface area contributed by atoms with Crippen molar-refractivity contribution in [3.63, 3.8) is 0 Å². The van der Waals surface area contributed by atoms with Crippen LogP contribution >= 0.6 is 0 Å². The average molecular weight is 344 g/mol. The van der Waals surface area contributed by atoms with E-state index in [9.17, 15) is 9.59 Å². The Morgan fingerprint density at radius 2 is 2.12 bits per heavy atom. The van der Waals surface area contributed by atoms with Crippen LogP contribution in [-0.4, -0.2) is 41.7 Å². The minimum atomic E-state index is -1.10. The highest BCUT2D eigenvalue weighted by molar-refractivity contribution is 5.96. The summed E-state index contributed by atoms with van der Waals surface area (Å²) < 4.78 is 10.5. The predicted molar refractivity (Wildman–Crippen MR) is 90.4 cm³/mol. The molecule has 132 valence electrons. The average Bonchev–Trinajstić information content (AvgIpc) is 2.64. The Morgan fingerprint density at radius 3 is 2.80 bits per heavy atom. The van der Waals surface area contributed by atoms with Crippen LogP contribution in [0, 0.1) is 0 Å². The summed E-state index contributed by atoms with van der Waals surface area (Å²) in [5.74, 6) is -1.06. The van der Waals surface area contributed by atoms with Gasteiger partial charge in [0.1, 0.15) is 18.4 Å². The Labute approximate surface area is 145 Å². The molecule has 0 bridgehead atoms. The molecule has 25 heavy (non-hydrogen) atoms. The maximum Gasteiger partial charge on any atom is 0.326 e. The fourth-order valence-electron chi connectivity index (χ4n) is 2.11. The molecule has 1 aromatic carbocycles. The van der Waals surface area contributed by atoms with Crippen LogP contribution in [0.4, 0.5) is 0 Å². The molecule has 1 heterocycles. The molecule has 2 rings (SSSR count). The van der Waals surface area contributed by atoms with Gasteiger partial charge in [0.05, 0.1) is 0 Å². The van der Waals surface area contributed by atoms with E-state index in [2.05, 4.69) is 10.3 Å². The first-order chi connectivity index (χ1) is 12.1. The quantitative estimate of drug-likeness (QED) is 0.721. The SMILES string of the molecule is COCCC(NC(=O)c1cccc(OCc2cccnc2)c1)C(=O)O. The van der Waals surface area contributed by atoms with Crippen molar-refractivity contribution in [2.45, 2.75) is 19.1 Å². The van der Waals surface area contributed by atoms with Crippen LogP contribution in [0.15, 0.2) is 48.8 Å². The fraction of sp³-hybridized carbons (Fsp3) is 0.278. The normalized spacial score (nSPS) is 11.6. The molecule has 7 nitrogen and oxygen atoms in total. The molecule has 0 aliphatic carbocycles. The zero-order valence-corrected chi connectivity index (χ0v) is 13.8. The number of benzene rings is 1. The standard InChI is InChI=1S/C18H20N2O5/c1-24-9-7-16(18(22)23)20-17(21)14-5-2-6-15(10-14)25-12-13-4-3-8-19-11-13/h2-6,8,10-11,16H,7,9,12H2,1H3,(H,20,21)(H,22,23). The first-order valence-corrected chi connectivity index (χ1v) is 7.74. The lowest BCUT2D eigenvalue weighted by molar-refractivity contribution is -0.139. The predicted octanol–water partition coefficient (Wildman–Crippen LogP) is 1.88. The Morgan fingerprint density at radius 1 is 1.28 bits per heavy atom. The Balaban J connectivity index is 1.99. The summed E-state index contributed by atoms with van der Waals surface area (Å²) in [6.07, 6.45) is 3.56. The second kappa shape index (κ2) is 9.39. The van der Waals surface area contributed by atoms with Crippen molar-refractivity contribution >= 4 is 11.9 Å². The molecule has 7 heteroatoms. The van der Waals surface area contributed by atoms with E-state index >= 15 is 0 Å². The number of hydrogen-bond acceptors (Lipinski definition) is 5. The number of carboxylic acid groups (broad SMARTS) is 1. The van der Waals surface area contributed by atoms with Gasteiger partial charge in [0.2, 0.25) is 0 Å². The molecule has 0 aliphatic rings. The van der Waals surface area contributed by atoms with E-state index in [1.165, 1.54) is 7.11 Å². The first kappa shape index (κ1) is 18.4. The van der Waals surface area contributed by atoms with Crippen molar-refractivity contribution < 1.29 is 24.2 Å². The fourth-order valence-corrected chi connectivity index (χ4v) is 2.11. The number of nitrogens with zero attached hydrogens (tertiary/aromatic N) is 1. The molecule has 0 spiro atoms. The van der Waals surface area contributed by atoms with E-state index in [4.69, 9.17) is 14.6 Å². The third-order valence-corrected chi connectivity index (χ3v) is 3.44. The minimum Gasteiger partial charge on any atom is -0.489 e. The van der Waals surface area contributed by atoms with E-state index in [1.54, 1.807) is 36.7 Å². The molecule has 1 atom stereocenters. The van der Waals surface area contributed by atoms with Crippen LogP contribution < -0.4 is 10.1 Å². The smallest absolute Gasteiger partial charge is 0.326 e. The van der Waals surface area contributed by atoms with Crippen LogP contribution in [0.3, 0.4) is 0 Å². The van der Waals surface area contributed by atoms with Gasteiger partial charge >= 0.3 is 5.97 Å². The summed E-state index contributed by atoms with van der Waals surface area (Å²) in [5, 5.41) is 11.6.